The van der Waals surface area contributed by atoms with Crippen LogP contribution in [0.4, 0.5) is 36.4 Å². The number of hydrogen-bond donors (Lipinski definition) is 1. The molecule has 0 radical (unpaired) electrons. The number of hydrogen-bond acceptors (Lipinski definition) is 6. The summed E-state index contributed by atoms with van der Waals surface area (Å²) in [6.45, 7) is -0.942. The molecule has 1 aromatic carbocycles. The lowest BCUT2D eigenvalue weighted by atomic mass is 10.00. The van der Waals surface area contributed by atoms with Gasteiger partial charge in [0.15, 0.2) is 5.69 Å². The van der Waals surface area contributed by atoms with Gasteiger partial charge in [0.25, 0.3) is 11.8 Å². The number of carbonyl (C=O) groups excluding carboxylic acids is 1. The molecule has 34 heavy (non-hydrogen) atoms. The molecule has 0 bridgehead atoms. The molecular weight excluding hydrogens is 493 g/mol. The van der Waals surface area contributed by atoms with Crippen LogP contribution in [0, 0.1) is 11.6 Å². The summed E-state index contributed by atoms with van der Waals surface area (Å²) in [6, 6.07) is 2.97. The van der Waals surface area contributed by atoms with Crippen LogP contribution in [0.1, 0.15) is 40.0 Å². The molecule has 1 saturated heterocycles. The van der Waals surface area contributed by atoms with Gasteiger partial charge < -0.3 is 10.1 Å². The third-order valence-electron chi connectivity index (χ3n) is 4.90. The van der Waals surface area contributed by atoms with E-state index in [1.807, 2.05) is 0 Å². The van der Waals surface area contributed by atoms with Gasteiger partial charge in [-0.25, -0.2) is 27.5 Å². The van der Waals surface area contributed by atoms with E-state index < -0.39 is 59.3 Å². The summed E-state index contributed by atoms with van der Waals surface area (Å²) in [5.74, 6) is -5.90. The van der Waals surface area contributed by atoms with Crippen LogP contribution >= 0.6 is 11.5 Å². The number of nitrogens with zero attached hydrogens (tertiary/aromatic N) is 3. The summed E-state index contributed by atoms with van der Waals surface area (Å²) < 4.78 is 102. The number of carbonyl (C=O) groups is 1. The largest absolute Gasteiger partial charge is 0.434 e. The first-order chi connectivity index (χ1) is 15.9. The summed E-state index contributed by atoms with van der Waals surface area (Å²) in [5, 5.41) is 2.31. The predicted molar refractivity (Wildman–Crippen MR) is 105 cm³/mol. The summed E-state index contributed by atoms with van der Waals surface area (Å²) in [5.41, 5.74) is -2.41. The normalized spacial score (nSPS) is 18.0. The lowest BCUT2D eigenvalue weighted by Gasteiger charge is -2.29. The SMILES string of the molecule is O=C(Nc1c(-c2cc(F)ccc2F)ncnc1C1CCC(F)(F)CO1)c1cc(C(F)(F)F)ns1. The van der Waals surface area contributed by atoms with E-state index in [2.05, 4.69) is 19.7 Å². The number of anilines is 1. The minimum atomic E-state index is -4.78. The first-order valence-electron chi connectivity index (χ1n) is 9.59. The number of benzene rings is 1. The van der Waals surface area contributed by atoms with Gasteiger partial charge in [-0.3, -0.25) is 4.79 Å². The lowest BCUT2D eigenvalue weighted by molar-refractivity contribution is -0.146. The molecule has 1 aliphatic rings. The van der Waals surface area contributed by atoms with Crippen molar-refractivity contribution in [2.24, 2.45) is 0 Å². The molecule has 1 unspecified atom stereocenters. The van der Waals surface area contributed by atoms with Gasteiger partial charge >= 0.3 is 6.18 Å². The van der Waals surface area contributed by atoms with Crippen molar-refractivity contribution in [2.75, 3.05) is 11.9 Å². The molecule has 1 N–H and O–H groups in total. The van der Waals surface area contributed by atoms with E-state index in [-0.39, 0.29) is 40.6 Å². The summed E-state index contributed by atoms with van der Waals surface area (Å²) in [6.07, 6.45) is -5.69. The highest BCUT2D eigenvalue weighted by Crippen LogP contribution is 2.40. The molecule has 4 rings (SSSR count). The number of ether oxygens (including phenoxy) is 1. The van der Waals surface area contributed by atoms with Gasteiger partial charge in [-0.1, -0.05) is 0 Å². The molecule has 180 valence electrons. The van der Waals surface area contributed by atoms with Crippen molar-refractivity contribution in [3.05, 3.63) is 58.5 Å². The molecule has 14 heteroatoms. The van der Waals surface area contributed by atoms with E-state index in [0.717, 1.165) is 24.5 Å². The molecule has 6 nitrogen and oxygen atoms in total. The van der Waals surface area contributed by atoms with E-state index in [0.29, 0.717) is 6.07 Å². The van der Waals surface area contributed by atoms with Crippen molar-refractivity contribution in [1.29, 1.82) is 0 Å². The van der Waals surface area contributed by atoms with Gasteiger partial charge in [-0.05, 0) is 42.2 Å². The van der Waals surface area contributed by atoms with Gasteiger partial charge in [0.1, 0.15) is 41.2 Å². The summed E-state index contributed by atoms with van der Waals surface area (Å²) in [4.78, 5) is 20.2. The highest BCUT2D eigenvalue weighted by Gasteiger charge is 2.39. The Morgan fingerprint density at radius 2 is 1.94 bits per heavy atom. The van der Waals surface area contributed by atoms with Crippen molar-refractivity contribution >= 4 is 23.1 Å². The molecular formula is C20H13F7N4O2S. The zero-order valence-electron chi connectivity index (χ0n) is 16.8. The number of alkyl halides is 5. The van der Waals surface area contributed by atoms with Crippen LogP contribution in [0.15, 0.2) is 30.6 Å². The highest BCUT2D eigenvalue weighted by atomic mass is 32.1. The van der Waals surface area contributed by atoms with Crippen LogP contribution in [-0.2, 0) is 10.9 Å². The maximum Gasteiger partial charge on any atom is 0.434 e. The van der Waals surface area contributed by atoms with Crippen LogP contribution in [0.3, 0.4) is 0 Å². The van der Waals surface area contributed by atoms with Crippen molar-refractivity contribution in [2.45, 2.75) is 31.0 Å². The van der Waals surface area contributed by atoms with Crippen LogP contribution in [-0.4, -0.2) is 32.8 Å². The Labute approximate surface area is 191 Å². The fourth-order valence-corrected chi connectivity index (χ4v) is 3.93. The molecule has 3 aromatic rings. The van der Waals surface area contributed by atoms with Crippen molar-refractivity contribution in [3.8, 4) is 11.3 Å². The third-order valence-corrected chi connectivity index (χ3v) is 5.68. The Balaban J connectivity index is 1.77. The minimum Gasteiger partial charge on any atom is -0.366 e. The van der Waals surface area contributed by atoms with Gasteiger partial charge in [-0.15, -0.1) is 0 Å². The maximum atomic E-state index is 14.5. The van der Waals surface area contributed by atoms with Crippen molar-refractivity contribution in [3.63, 3.8) is 0 Å². The fourth-order valence-electron chi connectivity index (χ4n) is 3.28. The average Bonchev–Trinajstić information content (AvgIpc) is 3.27. The molecule has 0 aliphatic carbocycles. The predicted octanol–water partition coefficient (Wildman–Crippen LogP) is 5.64. The van der Waals surface area contributed by atoms with E-state index in [1.54, 1.807) is 0 Å². The minimum absolute atomic E-state index is 0.113. The molecule has 3 heterocycles. The fraction of sp³-hybridized carbons (Fsp3) is 0.300. The van der Waals surface area contributed by atoms with Gasteiger partial charge in [0.05, 0.1) is 11.4 Å². The molecule has 1 fully saturated rings. The molecule has 2 aromatic heterocycles. The van der Waals surface area contributed by atoms with Gasteiger partial charge in [0, 0.05) is 12.0 Å². The van der Waals surface area contributed by atoms with E-state index >= 15 is 0 Å². The highest BCUT2D eigenvalue weighted by molar-refractivity contribution is 7.08. The first kappa shape index (κ1) is 24.0. The maximum absolute atomic E-state index is 14.5. The first-order valence-corrected chi connectivity index (χ1v) is 10.4. The molecule has 1 amide bonds. The summed E-state index contributed by atoms with van der Waals surface area (Å²) >= 11 is 0.265. The Hall–Kier alpha value is -3.13. The lowest BCUT2D eigenvalue weighted by Crippen LogP contribution is -2.31. The zero-order chi connectivity index (χ0) is 24.7. The quantitative estimate of drug-likeness (QED) is 0.464. The topological polar surface area (TPSA) is 77.0 Å². The standard InChI is InChI=1S/C20H13F7N4O2S/c21-9-1-2-11(22)10(5-9)15-17(30-18(32)13-6-14(31-34-13)20(25,26)27)16(29-8-28-15)12-3-4-19(23,24)7-33-12/h1-2,5-6,8,12H,3-4,7H2,(H,30,32). The van der Waals surface area contributed by atoms with Crippen molar-refractivity contribution in [1.82, 2.24) is 14.3 Å². The number of rotatable bonds is 4. The summed E-state index contributed by atoms with van der Waals surface area (Å²) in [7, 11) is 0. The number of halogens is 7. The van der Waals surface area contributed by atoms with Crippen molar-refractivity contribution < 1.29 is 40.3 Å². The van der Waals surface area contributed by atoms with Gasteiger partial charge in [-0.2, -0.15) is 17.5 Å². The van der Waals surface area contributed by atoms with Gasteiger partial charge in [0.2, 0.25) is 0 Å². The van der Waals surface area contributed by atoms with E-state index in [1.165, 1.54) is 0 Å². The molecule has 0 spiro atoms. The second-order valence-electron chi connectivity index (χ2n) is 7.33. The Morgan fingerprint density at radius 3 is 2.59 bits per heavy atom. The number of nitrogens with one attached hydrogen (secondary N) is 1. The van der Waals surface area contributed by atoms with Crippen LogP contribution in [0.2, 0.25) is 0 Å². The zero-order valence-corrected chi connectivity index (χ0v) is 17.6. The average molecular weight is 506 g/mol. The van der Waals surface area contributed by atoms with Crippen LogP contribution < -0.4 is 5.32 Å². The molecule has 1 atom stereocenters. The third kappa shape index (κ3) is 5.01. The Bertz CT molecular complexity index is 1220. The van der Waals surface area contributed by atoms with E-state index in [9.17, 15) is 35.5 Å². The second kappa shape index (κ2) is 8.91. The second-order valence-corrected chi connectivity index (χ2v) is 8.13. The Morgan fingerprint density at radius 1 is 1.18 bits per heavy atom. The van der Waals surface area contributed by atoms with E-state index in [4.69, 9.17) is 4.74 Å². The molecule has 0 saturated carbocycles. The molecule has 1 aliphatic heterocycles. The van der Waals surface area contributed by atoms with Crippen LogP contribution in [0.5, 0.6) is 0 Å². The number of aromatic nitrogens is 3. The Kier molecular flexibility index (Phi) is 6.29. The smallest absolute Gasteiger partial charge is 0.366 e. The van der Waals surface area contributed by atoms with Crippen LogP contribution in [0.25, 0.3) is 11.3 Å². The monoisotopic (exact) mass is 506 g/mol. The number of amides is 1.